The van der Waals surface area contributed by atoms with Crippen molar-refractivity contribution in [2.45, 2.75) is 20.3 Å². The van der Waals surface area contributed by atoms with Gasteiger partial charge in [0.2, 0.25) is 0 Å². The summed E-state index contributed by atoms with van der Waals surface area (Å²) in [6.45, 7) is 3.51. The molecule has 1 amide bonds. The molecule has 1 atom stereocenters. The summed E-state index contributed by atoms with van der Waals surface area (Å²) < 4.78 is 0. The molecule has 0 bridgehead atoms. The summed E-state index contributed by atoms with van der Waals surface area (Å²) >= 11 is 0. The van der Waals surface area contributed by atoms with Crippen molar-refractivity contribution in [2.75, 3.05) is 0 Å². The molecule has 10 heavy (non-hydrogen) atoms. The fourth-order valence-electron chi connectivity index (χ4n) is 0.917. The molecule has 0 radical (unpaired) electrons. The van der Waals surface area contributed by atoms with E-state index in [0.717, 1.165) is 6.42 Å². The van der Waals surface area contributed by atoms with E-state index in [0.29, 0.717) is 10.8 Å². The molecule has 3 heteroatoms. The highest BCUT2D eigenvalue weighted by Gasteiger charge is 2.23. The van der Waals surface area contributed by atoms with Gasteiger partial charge in [0.15, 0.2) is 0 Å². The van der Waals surface area contributed by atoms with Gasteiger partial charge in [0.25, 0.3) is 5.91 Å². The van der Waals surface area contributed by atoms with Crippen LogP contribution in [0.1, 0.15) is 20.3 Å². The van der Waals surface area contributed by atoms with E-state index in [2.05, 4.69) is 0 Å². The minimum atomic E-state index is -0.208. The molecule has 56 valence electrons. The molecule has 0 aromatic carbocycles. The molecule has 1 unspecified atom stereocenters. The van der Waals surface area contributed by atoms with Gasteiger partial charge in [-0.05, 0) is 13.3 Å². The topological polar surface area (TPSA) is 40.5 Å². The first-order valence-corrected chi connectivity index (χ1v) is 3.32. The highest BCUT2D eigenvalue weighted by molar-refractivity contribution is 5.80. The first kappa shape index (κ1) is 7.28. The molecule has 3 nitrogen and oxygen atoms in total. The average Bonchev–Trinajstić information content (AvgIpc) is 1.93. The Bertz CT molecular complexity index is 186. The van der Waals surface area contributed by atoms with Crippen LogP contribution in [0, 0.1) is 5.92 Å². The number of hydrogen-bond acceptors (Lipinski definition) is 2. The molecule has 0 saturated heterocycles. The van der Waals surface area contributed by atoms with Crippen molar-refractivity contribution in [3.63, 3.8) is 0 Å². The Balaban J connectivity index is 2.81. The standard InChI is InChI=1S/C7H11NO2/c1-5-3-4-6(2)8(10)7(5)9/h4-5,10H,3H2,1-2H3. The zero-order valence-electron chi connectivity index (χ0n) is 6.16. The SMILES string of the molecule is CC1=CCC(C)C(=O)N1O. The molecule has 1 N–H and O–H groups in total. The van der Waals surface area contributed by atoms with Gasteiger partial charge in [0.1, 0.15) is 0 Å². The van der Waals surface area contributed by atoms with E-state index in [1.54, 1.807) is 13.8 Å². The summed E-state index contributed by atoms with van der Waals surface area (Å²) in [4.78, 5) is 11.0. The van der Waals surface area contributed by atoms with Gasteiger partial charge in [0, 0.05) is 11.6 Å². The lowest BCUT2D eigenvalue weighted by atomic mass is 10.0. The van der Waals surface area contributed by atoms with E-state index in [1.165, 1.54) is 0 Å². The van der Waals surface area contributed by atoms with Gasteiger partial charge in [-0.1, -0.05) is 13.0 Å². The maximum atomic E-state index is 11.0. The fraction of sp³-hybridized carbons (Fsp3) is 0.571. The van der Waals surface area contributed by atoms with Gasteiger partial charge in [0.05, 0.1) is 0 Å². The van der Waals surface area contributed by atoms with Gasteiger partial charge < -0.3 is 0 Å². The number of carbonyl (C=O) groups is 1. The van der Waals surface area contributed by atoms with Crippen LogP contribution in [-0.2, 0) is 4.79 Å². The summed E-state index contributed by atoms with van der Waals surface area (Å²) in [6, 6.07) is 0. The third-order valence-corrected chi connectivity index (χ3v) is 1.73. The minimum absolute atomic E-state index is 0.0753. The van der Waals surface area contributed by atoms with Crippen molar-refractivity contribution in [2.24, 2.45) is 5.92 Å². The van der Waals surface area contributed by atoms with Crippen LogP contribution in [-0.4, -0.2) is 16.2 Å². The Kier molecular flexibility index (Phi) is 1.76. The van der Waals surface area contributed by atoms with Gasteiger partial charge >= 0.3 is 0 Å². The monoisotopic (exact) mass is 141 g/mol. The Labute approximate surface area is 59.9 Å². The Hall–Kier alpha value is -0.830. The zero-order chi connectivity index (χ0) is 7.72. The molecule has 1 rings (SSSR count). The van der Waals surface area contributed by atoms with E-state index >= 15 is 0 Å². The minimum Gasteiger partial charge on any atom is -0.281 e. The van der Waals surface area contributed by atoms with Crippen LogP contribution in [0.15, 0.2) is 11.8 Å². The average molecular weight is 141 g/mol. The van der Waals surface area contributed by atoms with Crippen LogP contribution in [0.2, 0.25) is 0 Å². The molecule has 0 aliphatic carbocycles. The predicted molar refractivity (Wildman–Crippen MR) is 36.2 cm³/mol. The summed E-state index contributed by atoms with van der Waals surface area (Å²) in [5, 5.41) is 9.75. The van der Waals surface area contributed by atoms with Crippen LogP contribution in [0.25, 0.3) is 0 Å². The third-order valence-electron chi connectivity index (χ3n) is 1.73. The summed E-state index contributed by atoms with van der Waals surface area (Å²) in [5.41, 5.74) is 0.628. The van der Waals surface area contributed by atoms with Gasteiger partial charge in [-0.2, -0.15) is 5.06 Å². The number of allylic oxidation sites excluding steroid dienone is 2. The third kappa shape index (κ3) is 1.04. The number of nitrogens with zero attached hydrogens (tertiary/aromatic N) is 1. The van der Waals surface area contributed by atoms with Crippen LogP contribution in [0.4, 0.5) is 0 Å². The summed E-state index contributed by atoms with van der Waals surface area (Å²) in [7, 11) is 0. The van der Waals surface area contributed by atoms with Crippen molar-refractivity contribution >= 4 is 5.91 Å². The van der Waals surface area contributed by atoms with E-state index in [4.69, 9.17) is 5.21 Å². The Morgan fingerprint density at radius 1 is 1.80 bits per heavy atom. The Morgan fingerprint density at radius 3 is 2.90 bits per heavy atom. The number of rotatable bonds is 0. The molecule has 0 aromatic rings. The zero-order valence-corrected chi connectivity index (χ0v) is 6.16. The quantitative estimate of drug-likeness (QED) is 0.514. The largest absolute Gasteiger partial charge is 0.281 e. The van der Waals surface area contributed by atoms with Crippen LogP contribution in [0.5, 0.6) is 0 Å². The second-order valence-electron chi connectivity index (χ2n) is 2.63. The van der Waals surface area contributed by atoms with E-state index < -0.39 is 0 Å². The molecule has 0 aromatic heterocycles. The van der Waals surface area contributed by atoms with E-state index in [-0.39, 0.29) is 11.8 Å². The molecular weight excluding hydrogens is 130 g/mol. The number of hydrogen-bond donors (Lipinski definition) is 1. The second-order valence-corrected chi connectivity index (χ2v) is 2.63. The molecule has 0 fully saturated rings. The summed E-state index contributed by atoms with van der Waals surface area (Å²) in [6.07, 6.45) is 2.59. The molecule has 0 spiro atoms. The lowest BCUT2D eigenvalue weighted by molar-refractivity contribution is -0.162. The second kappa shape index (κ2) is 2.42. The van der Waals surface area contributed by atoms with Crippen LogP contribution >= 0.6 is 0 Å². The molecule has 1 heterocycles. The molecular formula is C7H11NO2. The van der Waals surface area contributed by atoms with Gasteiger partial charge in [-0.25, -0.2) is 0 Å². The van der Waals surface area contributed by atoms with Crippen molar-refractivity contribution in [1.29, 1.82) is 0 Å². The first-order valence-electron chi connectivity index (χ1n) is 3.32. The summed E-state index contributed by atoms with van der Waals surface area (Å²) in [5.74, 6) is -0.284. The Morgan fingerprint density at radius 2 is 2.40 bits per heavy atom. The van der Waals surface area contributed by atoms with Crippen molar-refractivity contribution in [1.82, 2.24) is 5.06 Å². The number of hydroxylamine groups is 2. The van der Waals surface area contributed by atoms with E-state index in [1.807, 2.05) is 6.08 Å². The van der Waals surface area contributed by atoms with Crippen LogP contribution < -0.4 is 0 Å². The molecule has 0 saturated carbocycles. The van der Waals surface area contributed by atoms with Crippen molar-refractivity contribution in [3.05, 3.63) is 11.8 Å². The highest BCUT2D eigenvalue weighted by atomic mass is 16.5. The van der Waals surface area contributed by atoms with Crippen molar-refractivity contribution < 1.29 is 10.0 Å². The molecule has 1 aliphatic rings. The first-order chi connectivity index (χ1) is 4.63. The predicted octanol–water partition coefficient (Wildman–Crippen LogP) is 1.15. The number of amides is 1. The lowest BCUT2D eigenvalue weighted by Crippen LogP contribution is -2.33. The molecule has 1 aliphatic heterocycles. The normalized spacial score (nSPS) is 26.7. The lowest BCUT2D eigenvalue weighted by Gasteiger charge is -2.23. The maximum absolute atomic E-state index is 11.0. The maximum Gasteiger partial charge on any atom is 0.253 e. The van der Waals surface area contributed by atoms with E-state index in [9.17, 15) is 4.79 Å². The van der Waals surface area contributed by atoms with Gasteiger partial charge in [-0.15, -0.1) is 0 Å². The fourth-order valence-corrected chi connectivity index (χ4v) is 0.917. The van der Waals surface area contributed by atoms with Crippen LogP contribution in [0.3, 0.4) is 0 Å². The smallest absolute Gasteiger partial charge is 0.253 e. The van der Waals surface area contributed by atoms with Gasteiger partial charge in [-0.3, -0.25) is 10.0 Å². The van der Waals surface area contributed by atoms with Crippen molar-refractivity contribution in [3.8, 4) is 0 Å². The highest BCUT2D eigenvalue weighted by Crippen LogP contribution is 2.17. The number of carbonyl (C=O) groups excluding carboxylic acids is 1.